The molecular weight excluding hydrogens is 500 g/mol. The Morgan fingerprint density at radius 2 is 2.03 bits per heavy atom. The molecule has 1 spiro atoms. The number of thioether (sulfide) groups is 1. The number of fused-ring (bicyclic) bond motifs is 1. The lowest BCUT2D eigenvalue weighted by molar-refractivity contribution is -0.154. The molecule has 3 fully saturated rings. The van der Waals surface area contributed by atoms with E-state index in [2.05, 4.69) is 20.4 Å². The van der Waals surface area contributed by atoms with E-state index in [4.69, 9.17) is 4.74 Å². The maximum absolute atomic E-state index is 14.6. The van der Waals surface area contributed by atoms with Crippen molar-refractivity contribution >= 4 is 29.5 Å². The van der Waals surface area contributed by atoms with Crippen molar-refractivity contribution in [3.63, 3.8) is 0 Å². The Hall–Kier alpha value is -2.32. The van der Waals surface area contributed by atoms with E-state index in [0.29, 0.717) is 13.0 Å². The molecule has 2 amide bonds. The molecule has 38 heavy (non-hydrogen) atoms. The van der Waals surface area contributed by atoms with E-state index in [1.807, 2.05) is 42.2 Å². The van der Waals surface area contributed by atoms with Gasteiger partial charge < -0.3 is 19.6 Å². The van der Waals surface area contributed by atoms with Crippen LogP contribution in [0.15, 0.2) is 43.0 Å². The molecule has 8 heteroatoms. The third-order valence-electron chi connectivity index (χ3n) is 8.74. The Balaban J connectivity index is 1.82. The average Bonchev–Trinajstić information content (AvgIpc) is 3.50. The quantitative estimate of drug-likeness (QED) is 0.320. The first-order chi connectivity index (χ1) is 18.3. The summed E-state index contributed by atoms with van der Waals surface area (Å²) in [6, 6.07) is 8.34. The fourth-order valence-corrected chi connectivity index (χ4v) is 9.52. The van der Waals surface area contributed by atoms with Crippen molar-refractivity contribution in [2.24, 2.45) is 17.8 Å². The van der Waals surface area contributed by atoms with Crippen LogP contribution in [0, 0.1) is 17.8 Å². The van der Waals surface area contributed by atoms with Gasteiger partial charge in [0.05, 0.1) is 35.8 Å². The van der Waals surface area contributed by atoms with Gasteiger partial charge in [0.1, 0.15) is 6.04 Å². The summed E-state index contributed by atoms with van der Waals surface area (Å²) in [4.78, 5) is 45.8. The molecule has 0 saturated carbocycles. The summed E-state index contributed by atoms with van der Waals surface area (Å²) in [5.41, 5.74) is 0.981. The Bertz CT molecular complexity index is 1030. The summed E-state index contributed by atoms with van der Waals surface area (Å²) < 4.78 is 4.71. The summed E-state index contributed by atoms with van der Waals surface area (Å²) in [5, 5.41) is 10.6. The Kier molecular flexibility index (Phi) is 8.92. The Morgan fingerprint density at radius 1 is 1.32 bits per heavy atom. The number of carbonyl (C=O) groups excluding carboxylic acids is 3. The molecular formula is C30H42N2O5S. The van der Waals surface area contributed by atoms with Crippen molar-refractivity contribution in [3.8, 4) is 0 Å². The van der Waals surface area contributed by atoms with Crippen LogP contribution in [0.3, 0.4) is 0 Å². The van der Waals surface area contributed by atoms with Crippen molar-refractivity contribution in [1.82, 2.24) is 9.80 Å². The van der Waals surface area contributed by atoms with Gasteiger partial charge in [-0.2, -0.15) is 0 Å². The average molecular weight is 543 g/mol. The van der Waals surface area contributed by atoms with E-state index in [1.165, 1.54) is 0 Å². The first kappa shape index (κ1) is 28.7. The number of esters is 1. The van der Waals surface area contributed by atoms with Gasteiger partial charge in [0.15, 0.2) is 0 Å². The fraction of sp³-hybridized carbons (Fsp3) is 0.633. The number of hydrogen-bond donors (Lipinski definition) is 1. The van der Waals surface area contributed by atoms with E-state index < -0.39 is 28.7 Å². The number of aliphatic hydroxyl groups excluding tert-OH is 1. The highest BCUT2D eigenvalue weighted by Gasteiger charge is 2.77. The fourth-order valence-electron chi connectivity index (χ4n) is 7.13. The molecule has 3 aliphatic heterocycles. The smallest absolute Gasteiger partial charge is 0.310 e. The van der Waals surface area contributed by atoms with Crippen molar-refractivity contribution in [2.45, 2.75) is 81.5 Å². The zero-order chi connectivity index (χ0) is 27.6. The van der Waals surface area contributed by atoms with E-state index in [1.54, 1.807) is 29.7 Å². The number of likely N-dealkylation sites (tertiary alicyclic amines) is 1. The highest BCUT2D eigenvalue weighted by atomic mass is 32.2. The number of aliphatic hydroxyl groups is 1. The first-order valence-corrected chi connectivity index (χ1v) is 14.9. The maximum atomic E-state index is 14.6. The molecule has 0 radical (unpaired) electrons. The molecule has 4 rings (SSSR count). The van der Waals surface area contributed by atoms with Gasteiger partial charge in [-0.25, -0.2) is 0 Å². The Labute approximate surface area is 231 Å². The maximum Gasteiger partial charge on any atom is 0.310 e. The molecule has 1 aromatic rings. The summed E-state index contributed by atoms with van der Waals surface area (Å²) in [6.07, 6.45) is 4.67. The number of nitrogens with zero attached hydrogens (tertiary/aromatic N) is 2. The number of amides is 2. The molecule has 208 valence electrons. The van der Waals surface area contributed by atoms with Gasteiger partial charge in [0, 0.05) is 17.8 Å². The minimum absolute atomic E-state index is 0.0284. The van der Waals surface area contributed by atoms with Gasteiger partial charge in [-0.1, -0.05) is 56.7 Å². The van der Waals surface area contributed by atoms with Crippen LogP contribution < -0.4 is 0 Å². The first-order valence-electron chi connectivity index (χ1n) is 14.0. The second kappa shape index (κ2) is 11.8. The normalized spacial score (nSPS) is 31.1. The molecule has 4 unspecified atom stereocenters. The number of rotatable bonds is 12. The van der Waals surface area contributed by atoms with Crippen LogP contribution >= 0.6 is 11.8 Å². The molecule has 7 nitrogen and oxygen atoms in total. The van der Waals surface area contributed by atoms with Gasteiger partial charge >= 0.3 is 5.97 Å². The molecule has 2 bridgehead atoms. The van der Waals surface area contributed by atoms with Gasteiger partial charge in [-0.3, -0.25) is 14.4 Å². The molecule has 3 saturated heterocycles. The predicted octanol–water partition coefficient (Wildman–Crippen LogP) is 3.69. The van der Waals surface area contributed by atoms with Gasteiger partial charge in [0.25, 0.3) is 0 Å². The molecule has 8 atom stereocenters. The minimum atomic E-state index is -0.774. The van der Waals surface area contributed by atoms with Crippen molar-refractivity contribution in [1.29, 1.82) is 0 Å². The second-order valence-electron chi connectivity index (χ2n) is 11.0. The van der Waals surface area contributed by atoms with Crippen molar-refractivity contribution in [2.75, 3.05) is 19.8 Å². The largest absolute Gasteiger partial charge is 0.466 e. The summed E-state index contributed by atoms with van der Waals surface area (Å²) in [6.45, 7) is 12.3. The lowest BCUT2D eigenvalue weighted by Gasteiger charge is -2.43. The van der Waals surface area contributed by atoms with E-state index in [9.17, 15) is 19.5 Å². The molecule has 0 aliphatic carbocycles. The monoisotopic (exact) mass is 542 g/mol. The topological polar surface area (TPSA) is 87.2 Å². The van der Waals surface area contributed by atoms with Crippen molar-refractivity contribution in [3.05, 3.63) is 48.6 Å². The van der Waals surface area contributed by atoms with Gasteiger partial charge in [-0.15, -0.1) is 18.3 Å². The standard InChI is InChI=1S/C30H42N2O5S/c1-6-12-20(5)31(15-7-2)28(35)26-30-19(4)16-23(38-30)24(29(36)37-8-3)25(30)27(34)32(26)22(18-33)17-21-13-10-9-11-14-21/h7,9-11,13-14,19-20,22-26,33H,2,6,8,12,15-18H2,1,3-5H3/t19?,20?,22-,23-,24+,25+,26?,30?/m1/s1. The minimum Gasteiger partial charge on any atom is -0.466 e. The van der Waals surface area contributed by atoms with Gasteiger partial charge in [-0.05, 0) is 44.6 Å². The van der Waals surface area contributed by atoms with Crippen LogP contribution in [-0.2, 0) is 25.5 Å². The number of ether oxygens (including phenoxy) is 1. The lowest BCUT2D eigenvalue weighted by Crippen LogP contribution is -2.60. The number of benzene rings is 1. The lowest BCUT2D eigenvalue weighted by atomic mass is 9.66. The molecule has 3 heterocycles. The van der Waals surface area contributed by atoms with Crippen LogP contribution in [0.25, 0.3) is 0 Å². The van der Waals surface area contributed by atoms with E-state index in [-0.39, 0.29) is 48.2 Å². The van der Waals surface area contributed by atoms with Crippen LogP contribution in [0.2, 0.25) is 0 Å². The summed E-state index contributed by atoms with van der Waals surface area (Å²) >= 11 is 1.64. The third-order valence-corrected chi connectivity index (χ3v) is 10.8. The van der Waals surface area contributed by atoms with Crippen molar-refractivity contribution < 1.29 is 24.2 Å². The van der Waals surface area contributed by atoms with Crippen LogP contribution in [-0.4, -0.2) is 80.6 Å². The van der Waals surface area contributed by atoms with E-state index >= 15 is 0 Å². The number of hydrogen-bond acceptors (Lipinski definition) is 6. The Morgan fingerprint density at radius 3 is 2.63 bits per heavy atom. The number of carbonyl (C=O) groups is 3. The van der Waals surface area contributed by atoms with Crippen LogP contribution in [0.1, 0.15) is 52.5 Å². The second-order valence-corrected chi connectivity index (χ2v) is 12.5. The summed E-state index contributed by atoms with van der Waals surface area (Å²) in [5.74, 6) is -1.85. The highest BCUT2D eigenvalue weighted by Crippen LogP contribution is 2.69. The molecule has 1 N–H and O–H groups in total. The SMILES string of the molecule is C=CCN(C(=O)C1N([C@@H](CO)Cc2ccccc2)C(=O)[C@@H]2[C@@H](C(=O)OCC)[C@H]3CC(C)C12S3)C(C)CCC. The molecule has 1 aromatic carbocycles. The molecule has 3 aliphatic rings. The zero-order valence-electron chi connectivity index (χ0n) is 23.0. The highest BCUT2D eigenvalue weighted by molar-refractivity contribution is 8.02. The van der Waals surface area contributed by atoms with Crippen LogP contribution in [0.4, 0.5) is 0 Å². The van der Waals surface area contributed by atoms with Gasteiger partial charge in [0.2, 0.25) is 11.8 Å². The third kappa shape index (κ3) is 4.68. The van der Waals surface area contributed by atoms with E-state index in [0.717, 1.165) is 24.8 Å². The van der Waals surface area contributed by atoms with Crippen LogP contribution in [0.5, 0.6) is 0 Å². The summed E-state index contributed by atoms with van der Waals surface area (Å²) in [7, 11) is 0. The zero-order valence-corrected chi connectivity index (χ0v) is 23.9. The molecule has 0 aromatic heterocycles. The predicted molar refractivity (Wildman–Crippen MR) is 149 cm³/mol.